The summed E-state index contributed by atoms with van der Waals surface area (Å²) in [7, 11) is 4.03. The number of aromatic nitrogens is 1. The second kappa shape index (κ2) is 7.64. The maximum Gasteiger partial charge on any atom is 0.196 e. The van der Waals surface area contributed by atoms with Gasteiger partial charge in [0.05, 0.1) is 35.5 Å². The highest BCUT2D eigenvalue weighted by molar-refractivity contribution is 6.28. The summed E-state index contributed by atoms with van der Waals surface area (Å²) < 4.78 is 11.4. The van der Waals surface area contributed by atoms with E-state index >= 15 is 0 Å². The van der Waals surface area contributed by atoms with E-state index < -0.39 is 0 Å². The van der Waals surface area contributed by atoms with Gasteiger partial charge in [-0.05, 0) is 30.3 Å². The van der Waals surface area contributed by atoms with Crippen molar-refractivity contribution < 1.29 is 14.1 Å². The van der Waals surface area contributed by atoms with Crippen LogP contribution in [0, 0.1) is 0 Å². The molecule has 0 spiro atoms. The van der Waals surface area contributed by atoms with Crippen molar-refractivity contribution >= 4 is 39.4 Å². The van der Waals surface area contributed by atoms with Crippen LogP contribution in [0.1, 0.15) is 15.9 Å². The minimum Gasteiger partial charge on any atom is -0.378 e. The van der Waals surface area contributed by atoms with Crippen LogP contribution in [0.25, 0.3) is 22.2 Å². The van der Waals surface area contributed by atoms with Gasteiger partial charge in [-0.3, -0.25) is 4.79 Å². The van der Waals surface area contributed by atoms with Gasteiger partial charge in [-0.15, -0.1) is 0 Å². The van der Waals surface area contributed by atoms with Crippen molar-refractivity contribution in [3.63, 3.8) is 0 Å². The number of carbonyl (C=O) groups excluding carboxylic acids is 1. The molecule has 7 heteroatoms. The van der Waals surface area contributed by atoms with E-state index in [9.17, 15) is 4.79 Å². The number of benzene rings is 3. The number of hydrogen-bond acceptors (Lipinski definition) is 7. The van der Waals surface area contributed by atoms with Gasteiger partial charge in [-0.25, -0.2) is 0 Å². The summed E-state index contributed by atoms with van der Waals surface area (Å²) >= 11 is 0. The fourth-order valence-corrected chi connectivity index (χ4v) is 4.68. The van der Waals surface area contributed by atoms with Crippen LogP contribution in [0.3, 0.4) is 0 Å². The van der Waals surface area contributed by atoms with E-state index in [4.69, 9.17) is 9.26 Å². The molecule has 1 fully saturated rings. The number of fused-ring (bicyclic) bond motifs is 2. The quantitative estimate of drug-likeness (QED) is 0.435. The van der Waals surface area contributed by atoms with E-state index in [0.29, 0.717) is 30.1 Å². The number of morpholine rings is 1. The number of hydrogen-bond donors (Lipinski definition) is 1. The molecule has 0 unspecified atom stereocenters. The highest BCUT2D eigenvalue weighted by Crippen LogP contribution is 2.46. The SMILES string of the molecule is CN(C)c1ccc(Nc2cc(N3CCOCC3)c3noc4c3c2C(=O)c2ccccc2-4)cc1. The van der Waals surface area contributed by atoms with Gasteiger partial charge < -0.3 is 24.4 Å². The van der Waals surface area contributed by atoms with E-state index in [1.807, 2.05) is 56.6 Å². The summed E-state index contributed by atoms with van der Waals surface area (Å²) in [4.78, 5) is 18.0. The largest absolute Gasteiger partial charge is 0.378 e. The van der Waals surface area contributed by atoms with E-state index in [2.05, 4.69) is 32.4 Å². The monoisotopic (exact) mass is 440 g/mol. The summed E-state index contributed by atoms with van der Waals surface area (Å²) in [6.07, 6.45) is 0. The Labute approximate surface area is 191 Å². The van der Waals surface area contributed by atoms with Crippen LogP contribution in [-0.4, -0.2) is 51.3 Å². The zero-order chi connectivity index (χ0) is 22.5. The fourth-order valence-electron chi connectivity index (χ4n) is 4.68. The molecule has 0 radical (unpaired) electrons. The standard InChI is InChI=1S/C26H24N4O3/c1-29(2)17-9-7-16(8-10-17)27-20-15-21(30-11-13-32-14-12-30)24-23-22(20)25(31)18-5-3-4-6-19(18)26(23)33-28-24/h3-10,15,27H,11-14H2,1-2H3. The first-order valence-electron chi connectivity index (χ1n) is 11.1. The number of nitrogens with one attached hydrogen (secondary N) is 1. The Bertz CT molecular complexity index is 1370. The number of ketones is 1. The average molecular weight is 441 g/mol. The summed E-state index contributed by atoms with van der Waals surface area (Å²) in [6.45, 7) is 2.84. The molecule has 4 aromatic rings. The molecular weight excluding hydrogens is 416 g/mol. The van der Waals surface area contributed by atoms with E-state index in [-0.39, 0.29) is 5.78 Å². The zero-order valence-corrected chi connectivity index (χ0v) is 18.6. The van der Waals surface area contributed by atoms with Gasteiger partial charge in [0.1, 0.15) is 5.52 Å². The van der Waals surface area contributed by atoms with Crippen molar-refractivity contribution in [1.29, 1.82) is 0 Å². The molecule has 2 heterocycles. The highest BCUT2D eigenvalue weighted by atomic mass is 16.5. The van der Waals surface area contributed by atoms with Gasteiger partial charge in [0.15, 0.2) is 11.5 Å². The van der Waals surface area contributed by atoms with Crippen LogP contribution in [0.5, 0.6) is 0 Å². The normalized spacial score (nSPS) is 15.0. The molecule has 0 bridgehead atoms. The van der Waals surface area contributed by atoms with Crippen LogP contribution in [0.4, 0.5) is 22.7 Å². The Morgan fingerprint density at radius 1 is 1.00 bits per heavy atom. The van der Waals surface area contributed by atoms with Gasteiger partial charge in [-0.2, -0.15) is 0 Å². The maximum atomic E-state index is 13.7. The third kappa shape index (κ3) is 3.15. The van der Waals surface area contributed by atoms with Crippen LogP contribution in [0.15, 0.2) is 59.1 Å². The number of anilines is 4. The molecule has 166 valence electrons. The van der Waals surface area contributed by atoms with Crippen molar-refractivity contribution in [3.05, 3.63) is 65.7 Å². The first-order valence-corrected chi connectivity index (χ1v) is 11.1. The van der Waals surface area contributed by atoms with E-state index in [1.54, 1.807) is 0 Å². The molecule has 0 atom stereocenters. The number of nitrogens with zero attached hydrogens (tertiary/aromatic N) is 3. The molecule has 0 amide bonds. The second-order valence-electron chi connectivity index (χ2n) is 8.59. The molecule has 1 aromatic heterocycles. The van der Waals surface area contributed by atoms with Gasteiger partial charge in [0.2, 0.25) is 0 Å². The van der Waals surface area contributed by atoms with E-state index in [0.717, 1.165) is 52.3 Å². The van der Waals surface area contributed by atoms with Gasteiger partial charge >= 0.3 is 0 Å². The Balaban J connectivity index is 1.55. The van der Waals surface area contributed by atoms with Crippen molar-refractivity contribution in [2.45, 2.75) is 0 Å². The molecular formula is C26H24N4O3. The predicted octanol–water partition coefficient (Wildman–Crippen LogP) is 4.69. The first-order chi connectivity index (χ1) is 16.1. The smallest absolute Gasteiger partial charge is 0.196 e. The van der Waals surface area contributed by atoms with Crippen LogP contribution in [-0.2, 0) is 4.74 Å². The molecule has 1 N–H and O–H groups in total. The van der Waals surface area contributed by atoms with Crippen molar-refractivity contribution in [1.82, 2.24) is 5.16 Å². The van der Waals surface area contributed by atoms with Crippen molar-refractivity contribution in [3.8, 4) is 11.3 Å². The molecule has 1 aliphatic carbocycles. The summed E-state index contributed by atoms with van der Waals surface area (Å²) in [5.41, 5.74) is 6.47. The van der Waals surface area contributed by atoms with Crippen molar-refractivity contribution in [2.24, 2.45) is 0 Å². The molecule has 3 aromatic carbocycles. The fraction of sp³-hybridized carbons (Fsp3) is 0.231. The Morgan fingerprint density at radius 2 is 1.73 bits per heavy atom. The average Bonchev–Trinajstić information content (AvgIpc) is 3.29. The Kier molecular flexibility index (Phi) is 4.58. The minimum atomic E-state index is -0.0211. The molecule has 2 aliphatic rings. The molecule has 0 saturated carbocycles. The van der Waals surface area contributed by atoms with Gasteiger partial charge in [0.25, 0.3) is 0 Å². The lowest BCUT2D eigenvalue weighted by Gasteiger charge is -2.30. The molecule has 33 heavy (non-hydrogen) atoms. The summed E-state index contributed by atoms with van der Waals surface area (Å²) in [5.74, 6) is 0.628. The number of rotatable bonds is 4. The Hall–Kier alpha value is -3.84. The van der Waals surface area contributed by atoms with Gasteiger partial charge in [-0.1, -0.05) is 29.4 Å². The lowest BCUT2D eigenvalue weighted by molar-refractivity contribution is 0.104. The second-order valence-corrected chi connectivity index (χ2v) is 8.59. The van der Waals surface area contributed by atoms with Gasteiger partial charge in [0, 0.05) is 49.7 Å². The number of ether oxygens (including phenoxy) is 1. The third-order valence-electron chi connectivity index (χ3n) is 6.39. The third-order valence-corrected chi connectivity index (χ3v) is 6.39. The Morgan fingerprint density at radius 3 is 2.45 bits per heavy atom. The molecule has 1 saturated heterocycles. The maximum absolute atomic E-state index is 13.7. The lowest BCUT2D eigenvalue weighted by Crippen LogP contribution is -2.36. The summed E-state index contributed by atoms with van der Waals surface area (Å²) in [6, 6.07) is 17.8. The summed E-state index contributed by atoms with van der Waals surface area (Å²) in [5, 5.41) is 8.71. The van der Waals surface area contributed by atoms with Crippen LogP contribution in [0.2, 0.25) is 0 Å². The zero-order valence-electron chi connectivity index (χ0n) is 18.6. The lowest BCUT2D eigenvalue weighted by atomic mass is 9.86. The van der Waals surface area contributed by atoms with Crippen LogP contribution >= 0.6 is 0 Å². The van der Waals surface area contributed by atoms with Crippen molar-refractivity contribution in [2.75, 3.05) is 55.5 Å². The minimum absolute atomic E-state index is 0.0211. The topological polar surface area (TPSA) is 70.8 Å². The first kappa shape index (κ1) is 19.8. The molecule has 1 aliphatic heterocycles. The predicted molar refractivity (Wildman–Crippen MR) is 130 cm³/mol. The van der Waals surface area contributed by atoms with Crippen LogP contribution < -0.4 is 15.1 Å². The van der Waals surface area contributed by atoms with E-state index in [1.165, 1.54) is 0 Å². The molecule has 6 rings (SSSR count). The number of carbonyl (C=O) groups is 1. The molecule has 7 nitrogen and oxygen atoms in total. The highest BCUT2D eigenvalue weighted by Gasteiger charge is 2.33.